The van der Waals surface area contributed by atoms with E-state index < -0.39 is 12.1 Å². The van der Waals surface area contributed by atoms with Gasteiger partial charge in [0.05, 0.1) is 12.7 Å². The highest BCUT2D eigenvalue weighted by Gasteiger charge is 2.13. The van der Waals surface area contributed by atoms with Crippen molar-refractivity contribution in [3.05, 3.63) is 12.3 Å². The van der Waals surface area contributed by atoms with E-state index in [-0.39, 0.29) is 18.4 Å². The third kappa shape index (κ3) is 5.18. The molecule has 0 rings (SSSR count). The molecular weight excluding hydrogens is 186 g/mol. The first kappa shape index (κ1) is 12.5. The second-order valence-electron chi connectivity index (χ2n) is 2.78. The molecule has 0 aromatic carbocycles. The molecule has 0 atom stereocenters. The minimum Gasteiger partial charge on any atom is -0.458 e. The number of hydrogen-bond donors (Lipinski definition) is 1. The first-order valence-corrected chi connectivity index (χ1v) is 4.31. The summed E-state index contributed by atoms with van der Waals surface area (Å²) in [5.74, 6) is -0.659. The van der Waals surface area contributed by atoms with E-state index in [1.807, 2.05) is 0 Å². The third-order valence-corrected chi connectivity index (χ3v) is 1.12. The third-order valence-electron chi connectivity index (χ3n) is 1.12. The smallest absolute Gasteiger partial charge is 0.411 e. The predicted molar refractivity (Wildman–Crippen MR) is 50.5 cm³/mol. The first-order valence-electron chi connectivity index (χ1n) is 4.31. The largest absolute Gasteiger partial charge is 0.458 e. The van der Waals surface area contributed by atoms with Crippen LogP contribution in [0.3, 0.4) is 0 Å². The minimum atomic E-state index is -0.710. The van der Waals surface area contributed by atoms with Gasteiger partial charge < -0.3 is 9.47 Å². The first-order chi connectivity index (χ1) is 6.47. The van der Waals surface area contributed by atoms with Gasteiger partial charge in [-0.05, 0) is 20.8 Å². The van der Waals surface area contributed by atoms with E-state index in [1.165, 1.54) is 0 Å². The van der Waals surface area contributed by atoms with Crippen molar-refractivity contribution in [2.75, 3.05) is 6.61 Å². The van der Waals surface area contributed by atoms with Crippen LogP contribution < -0.4 is 5.32 Å². The zero-order chi connectivity index (χ0) is 11.1. The Hall–Kier alpha value is -1.52. The Morgan fingerprint density at radius 2 is 2.00 bits per heavy atom. The number of ether oxygens (including phenoxy) is 2. The fraction of sp³-hybridized carbons (Fsp3) is 0.556. The molecule has 1 N–H and O–H groups in total. The normalized spacial score (nSPS) is 9.43. The van der Waals surface area contributed by atoms with Gasteiger partial charge in [-0.3, -0.25) is 5.32 Å². The van der Waals surface area contributed by atoms with Gasteiger partial charge in [0.15, 0.2) is 0 Å². The number of alkyl carbamates (subject to hydrolysis) is 1. The standard InChI is InChI=1S/C9H15NO4/c1-5-13-9(12)10-7(4)8(11)14-6(2)3/h6H,4-5H2,1-3H3,(H,10,12). The van der Waals surface area contributed by atoms with Crippen LogP contribution in [-0.2, 0) is 14.3 Å². The quantitative estimate of drug-likeness (QED) is 0.548. The molecule has 5 nitrogen and oxygen atoms in total. The van der Waals surface area contributed by atoms with Crippen molar-refractivity contribution in [1.29, 1.82) is 0 Å². The Morgan fingerprint density at radius 1 is 1.43 bits per heavy atom. The molecule has 5 heteroatoms. The van der Waals surface area contributed by atoms with Crippen LogP contribution in [0.25, 0.3) is 0 Å². The number of amides is 1. The Kier molecular flexibility index (Phi) is 5.36. The molecule has 0 aliphatic carbocycles. The molecule has 0 aromatic heterocycles. The highest BCUT2D eigenvalue weighted by molar-refractivity contribution is 5.91. The lowest BCUT2D eigenvalue weighted by Crippen LogP contribution is -2.29. The van der Waals surface area contributed by atoms with Gasteiger partial charge in [0, 0.05) is 0 Å². The van der Waals surface area contributed by atoms with Crippen LogP contribution in [0.2, 0.25) is 0 Å². The van der Waals surface area contributed by atoms with Crippen molar-refractivity contribution in [3.63, 3.8) is 0 Å². The van der Waals surface area contributed by atoms with Crippen molar-refractivity contribution in [3.8, 4) is 0 Å². The average molecular weight is 201 g/mol. The number of hydrogen-bond acceptors (Lipinski definition) is 4. The van der Waals surface area contributed by atoms with Gasteiger partial charge in [-0.1, -0.05) is 6.58 Å². The maximum absolute atomic E-state index is 11.1. The summed E-state index contributed by atoms with van der Waals surface area (Å²) in [4.78, 5) is 21.9. The number of carbonyl (C=O) groups is 2. The molecule has 0 aliphatic rings. The summed E-state index contributed by atoms with van der Waals surface area (Å²) in [6.45, 7) is 8.65. The zero-order valence-electron chi connectivity index (χ0n) is 8.62. The van der Waals surface area contributed by atoms with Crippen molar-refractivity contribution in [1.82, 2.24) is 5.32 Å². The van der Waals surface area contributed by atoms with Gasteiger partial charge >= 0.3 is 12.1 Å². The fourth-order valence-electron chi connectivity index (χ4n) is 0.627. The lowest BCUT2D eigenvalue weighted by atomic mass is 10.4. The van der Waals surface area contributed by atoms with Crippen molar-refractivity contribution in [2.24, 2.45) is 0 Å². The van der Waals surface area contributed by atoms with E-state index >= 15 is 0 Å². The fourth-order valence-corrected chi connectivity index (χ4v) is 0.627. The molecule has 1 amide bonds. The van der Waals surface area contributed by atoms with Crippen LogP contribution in [-0.4, -0.2) is 24.8 Å². The molecule has 0 saturated heterocycles. The Bertz CT molecular complexity index is 235. The summed E-state index contributed by atoms with van der Waals surface area (Å²) >= 11 is 0. The van der Waals surface area contributed by atoms with E-state index in [2.05, 4.69) is 16.6 Å². The summed E-state index contributed by atoms with van der Waals surface area (Å²) in [5, 5.41) is 2.16. The Balaban J connectivity index is 3.96. The lowest BCUT2D eigenvalue weighted by Gasteiger charge is -2.10. The number of esters is 1. The number of carbonyl (C=O) groups excluding carboxylic acids is 2. The number of rotatable bonds is 4. The molecule has 80 valence electrons. The van der Waals surface area contributed by atoms with E-state index in [0.717, 1.165) is 0 Å². The number of nitrogens with one attached hydrogen (secondary N) is 1. The molecular formula is C9H15NO4. The van der Waals surface area contributed by atoms with Crippen molar-refractivity contribution < 1.29 is 19.1 Å². The van der Waals surface area contributed by atoms with Gasteiger partial charge in [-0.15, -0.1) is 0 Å². The second-order valence-corrected chi connectivity index (χ2v) is 2.78. The molecule has 0 heterocycles. The molecule has 0 unspecified atom stereocenters. The van der Waals surface area contributed by atoms with Crippen molar-refractivity contribution in [2.45, 2.75) is 26.9 Å². The molecule has 14 heavy (non-hydrogen) atoms. The molecule has 0 radical (unpaired) electrons. The van der Waals surface area contributed by atoms with Crippen LogP contribution in [0.1, 0.15) is 20.8 Å². The van der Waals surface area contributed by atoms with Crippen LogP contribution in [0, 0.1) is 0 Å². The van der Waals surface area contributed by atoms with E-state index in [1.54, 1.807) is 20.8 Å². The Morgan fingerprint density at radius 3 is 2.43 bits per heavy atom. The van der Waals surface area contributed by atoms with Gasteiger partial charge in [0.1, 0.15) is 5.70 Å². The SMILES string of the molecule is C=C(NC(=O)OCC)C(=O)OC(C)C. The van der Waals surface area contributed by atoms with Gasteiger partial charge in [0.25, 0.3) is 0 Å². The van der Waals surface area contributed by atoms with Crippen LogP contribution >= 0.6 is 0 Å². The zero-order valence-corrected chi connectivity index (χ0v) is 8.62. The maximum Gasteiger partial charge on any atom is 0.411 e. The predicted octanol–water partition coefficient (Wildman–Crippen LogP) is 1.20. The second kappa shape index (κ2) is 6.01. The molecule has 0 fully saturated rings. The lowest BCUT2D eigenvalue weighted by molar-refractivity contribution is -0.143. The van der Waals surface area contributed by atoms with Crippen LogP contribution in [0.4, 0.5) is 4.79 Å². The molecule has 0 aliphatic heterocycles. The summed E-state index contributed by atoms with van der Waals surface area (Å²) in [6.07, 6.45) is -0.957. The molecule has 0 bridgehead atoms. The van der Waals surface area contributed by atoms with Gasteiger partial charge in [-0.2, -0.15) is 0 Å². The highest BCUT2D eigenvalue weighted by atomic mass is 16.6. The minimum absolute atomic E-state index is 0.128. The molecule has 0 aromatic rings. The highest BCUT2D eigenvalue weighted by Crippen LogP contribution is 1.96. The molecule has 0 spiro atoms. The Labute approximate surface area is 83.1 Å². The van der Waals surface area contributed by atoms with Crippen LogP contribution in [0.5, 0.6) is 0 Å². The van der Waals surface area contributed by atoms with E-state index in [4.69, 9.17) is 4.74 Å². The summed E-state index contributed by atoms with van der Waals surface area (Å²) in [5.41, 5.74) is -0.128. The topological polar surface area (TPSA) is 64.6 Å². The average Bonchev–Trinajstić information content (AvgIpc) is 2.02. The maximum atomic E-state index is 11.1. The van der Waals surface area contributed by atoms with E-state index in [9.17, 15) is 9.59 Å². The van der Waals surface area contributed by atoms with Gasteiger partial charge in [-0.25, -0.2) is 9.59 Å². The van der Waals surface area contributed by atoms with Crippen molar-refractivity contribution >= 4 is 12.1 Å². The van der Waals surface area contributed by atoms with Crippen LogP contribution in [0.15, 0.2) is 12.3 Å². The monoisotopic (exact) mass is 201 g/mol. The summed E-state index contributed by atoms with van der Waals surface area (Å²) < 4.78 is 9.33. The van der Waals surface area contributed by atoms with Gasteiger partial charge in [0.2, 0.25) is 0 Å². The molecule has 0 saturated carbocycles. The summed E-state index contributed by atoms with van der Waals surface area (Å²) in [7, 11) is 0. The summed E-state index contributed by atoms with van der Waals surface area (Å²) in [6, 6.07) is 0. The van der Waals surface area contributed by atoms with E-state index in [0.29, 0.717) is 0 Å².